The van der Waals surface area contributed by atoms with E-state index in [1.54, 1.807) is 13.0 Å². The van der Waals surface area contributed by atoms with Gasteiger partial charge in [-0.2, -0.15) is 0 Å². The molecule has 0 heterocycles. The van der Waals surface area contributed by atoms with Crippen molar-refractivity contribution in [2.45, 2.75) is 24.8 Å². The molecular weight excluding hydrogens is 407 g/mol. The van der Waals surface area contributed by atoms with Gasteiger partial charge >= 0.3 is 0 Å². The number of sulfonamides is 1. The molecule has 0 spiro atoms. The number of carbonyl (C=O) groups is 1. The Bertz CT molecular complexity index is 1130. The fraction of sp³-hybridized carbons (Fsp3) is 0.136. The number of aryl methyl sites for hydroxylation is 1. The van der Waals surface area contributed by atoms with Crippen LogP contribution in [0.1, 0.15) is 12.5 Å². The van der Waals surface area contributed by atoms with Crippen LogP contribution in [0.25, 0.3) is 0 Å². The number of hydrogen-bond acceptors (Lipinski definition) is 4. The summed E-state index contributed by atoms with van der Waals surface area (Å²) in [6.07, 6.45) is -0.741. The predicted molar refractivity (Wildman–Crippen MR) is 114 cm³/mol. The lowest BCUT2D eigenvalue weighted by Gasteiger charge is -2.16. The zero-order chi connectivity index (χ0) is 21.7. The SMILES string of the molecule is Cc1ccccc1O[C@H](C)C(=O)Nc1ccc(S(=O)(=O)Nc2ccc(F)cc2)cc1. The molecule has 0 aliphatic carbocycles. The standard InChI is InChI=1S/C22H21FN2O4S/c1-15-5-3-4-6-21(15)29-16(2)22(26)24-18-11-13-20(14-12-18)30(27,28)25-19-9-7-17(23)8-10-19/h3-14,16,25H,1-2H3,(H,24,26)/t16-/m1/s1. The molecule has 30 heavy (non-hydrogen) atoms. The minimum Gasteiger partial charge on any atom is -0.481 e. The number of halogens is 1. The highest BCUT2D eigenvalue weighted by molar-refractivity contribution is 7.92. The first-order chi connectivity index (χ1) is 14.2. The van der Waals surface area contributed by atoms with E-state index in [2.05, 4.69) is 10.0 Å². The Morgan fingerprint density at radius 3 is 2.17 bits per heavy atom. The van der Waals surface area contributed by atoms with Crippen molar-refractivity contribution in [3.63, 3.8) is 0 Å². The molecule has 0 aliphatic rings. The molecule has 0 saturated carbocycles. The lowest BCUT2D eigenvalue weighted by Crippen LogP contribution is -2.30. The number of para-hydroxylation sites is 1. The van der Waals surface area contributed by atoms with E-state index in [0.29, 0.717) is 11.4 Å². The zero-order valence-corrected chi connectivity index (χ0v) is 17.2. The Kier molecular flexibility index (Phi) is 6.37. The summed E-state index contributed by atoms with van der Waals surface area (Å²) in [6, 6.07) is 18.1. The van der Waals surface area contributed by atoms with Gasteiger partial charge < -0.3 is 10.1 Å². The van der Waals surface area contributed by atoms with Crippen molar-refractivity contribution in [1.29, 1.82) is 0 Å². The second-order valence-corrected chi connectivity index (χ2v) is 8.33. The van der Waals surface area contributed by atoms with Crippen molar-refractivity contribution in [2.75, 3.05) is 10.0 Å². The molecule has 3 rings (SSSR count). The van der Waals surface area contributed by atoms with Crippen LogP contribution in [0.15, 0.2) is 77.7 Å². The molecule has 1 atom stereocenters. The Labute approximate surface area is 174 Å². The molecule has 156 valence electrons. The van der Waals surface area contributed by atoms with Gasteiger partial charge in [-0.25, -0.2) is 12.8 Å². The molecule has 3 aromatic carbocycles. The molecule has 0 aromatic heterocycles. The first-order valence-corrected chi connectivity index (χ1v) is 10.6. The summed E-state index contributed by atoms with van der Waals surface area (Å²) in [7, 11) is -3.84. The van der Waals surface area contributed by atoms with Gasteiger partial charge in [-0.15, -0.1) is 0 Å². The van der Waals surface area contributed by atoms with Crippen molar-refractivity contribution >= 4 is 27.3 Å². The van der Waals surface area contributed by atoms with Crippen LogP contribution in [0.4, 0.5) is 15.8 Å². The quantitative estimate of drug-likeness (QED) is 0.586. The number of anilines is 2. The molecular formula is C22H21FN2O4S. The van der Waals surface area contributed by atoms with Crippen molar-refractivity contribution in [3.05, 3.63) is 84.2 Å². The van der Waals surface area contributed by atoms with Crippen molar-refractivity contribution in [3.8, 4) is 5.75 Å². The van der Waals surface area contributed by atoms with Crippen LogP contribution < -0.4 is 14.8 Å². The summed E-state index contributed by atoms with van der Waals surface area (Å²) in [5.74, 6) is -0.203. The molecule has 3 aromatic rings. The smallest absolute Gasteiger partial charge is 0.265 e. The summed E-state index contributed by atoms with van der Waals surface area (Å²) < 4.78 is 45.9. The minimum absolute atomic E-state index is 0.00836. The van der Waals surface area contributed by atoms with Gasteiger partial charge in [0.1, 0.15) is 11.6 Å². The first kappa shape index (κ1) is 21.3. The van der Waals surface area contributed by atoms with Crippen LogP contribution in [0.2, 0.25) is 0 Å². The van der Waals surface area contributed by atoms with Crippen LogP contribution in [0.3, 0.4) is 0 Å². The van der Waals surface area contributed by atoms with Gasteiger partial charge in [0.2, 0.25) is 0 Å². The predicted octanol–water partition coefficient (Wildman–Crippen LogP) is 4.34. The highest BCUT2D eigenvalue weighted by Gasteiger charge is 2.17. The molecule has 0 fully saturated rings. The summed E-state index contributed by atoms with van der Waals surface area (Å²) in [5, 5.41) is 2.70. The molecule has 0 saturated heterocycles. The Morgan fingerprint density at radius 1 is 0.933 bits per heavy atom. The van der Waals surface area contributed by atoms with Crippen LogP contribution in [0.5, 0.6) is 5.75 Å². The van der Waals surface area contributed by atoms with Gasteiger partial charge in [0.15, 0.2) is 6.10 Å². The highest BCUT2D eigenvalue weighted by atomic mass is 32.2. The molecule has 6 nitrogen and oxygen atoms in total. The van der Waals surface area contributed by atoms with Crippen LogP contribution in [-0.4, -0.2) is 20.4 Å². The number of nitrogens with one attached hydrogen (secondary N) is 2. The van der Waals surface area contributed by atoms with Crippen molar-refractivity contribution in [1.82, 2.24) is 0 Å². The fourth-order valence-corrected chi connectivity index (χ4v) is 3.68. The minimum atomic E-state index is -3.84. The second-order valence-electron chi connectivity index (χ2n) is 6.65. The molecule has 0 aliphatic heterocycles. The third-order valence-corrected chi connectivity index (χ3v) is 5.69. The van der Waals surface area contributed by atoms with E-state index in [-0.39, 0.29) is 16.5 Å². The summed E-state index contributed by atoms with van der Waals surface area (Å²) in [5.41, 5.74) is 1.59. The lowest BCUT2D eigenvalue weighted by molar-refractivity contribution is -0.122. The number of benzene rings is 3. The van der Waals surface area contributed by atoms with E-state index in [9.17, 15) is 17.6 Å². The molecule has 0 radical (unpaired) electrons. The largest absolute Gasteiger partial charge is 0.481 e. The lowest BCUT2D eigenvalue weighted by atomic mass is 10.2. The number of rotatable bonds is 7. The Hall–Kier alpha value is -3.39. The summed E-state index contributed by atoms with van der Waals surface area (Å²) in [6.45, 7) is 3.52. The van der Waals surface area contributed by atoms with E-state index in [1.807, 2.05) is 25.1 Å². The van der Waals surface area contributed by atoms with E-state index in [1.165, 1.54) is 36.4 Å². The second kappa shape index (κ2) is 8.96. The van der Waals surface area contributed by atoms with E-state index in [4.69, 9.17) is 4.74 Å². The molecule has 2 N–H and O–H groups in total. The zero-order valence-electron chi connectivity index (χ0n) is 16.4. The number of ether oxygens (including phenoxy) is 1. The number of amides is 1. The molecule has 1 amide bonds. The van der Waals surface area contributed by atoms with E-state index in [0.717, 1.165) is 17.7 Å². The maximum absolute atomic E-state index is 13.0. The van der Waals surface area contributed by atoms with Crippen LogP contribution >= 0.6 is 0 Å². The molecule has 0 unspecified atom stereocenters. The molecule has 8 heteroatoms. The van der Waals surface area contributed by atoms with Gasteiger partial charge in [0, 0.05) is 11.4 Å². The van der Waals surface area contributed by atoms with Gasteiger partial charge in [-0.1, -0.05) is 18.2 Å². The summed E-state index contributed by atoms with van der Waals surface area (Å²) in [4.78, 5) is 12.4. The highest BCUT2D eigenvalue weighted by Crippen LogP contribution is 2.20. The van der Waals surface area contributed by atoms with Gasteiger partial charge in [-0.3, -0.25) is 9.52 Å². The van der Waals surface area contributed by atoms with E-state index < -0.39 is 21.9 Å². The third kappa shape index (κ3) is 5.36. The third-order valence-electron chi connectivity index (χ3n) is 4.30. The average Bonchev–Trinajstić information content (AvgIpc) is 2.71. The normalized spacial score (nSPS) is 12.1. The Balaban J connectivity index is 1.64. The van der Waals surface area contributed by atoms with E-state index >= 15 is 0 Å². The maximum Gasteiger partial charge on any atom is 0.265 e. The topological polar surface area (TPSA) is 84.5 Å². The van der Waals surface area contributed by atoms with Gasteiger partial charge in [0.25, 0.3) is 15.9 Å². The number of carbonyl (C=O) groups excluding carboxylic acids is 1. The first-order valence-electron chi connectivity index (χ1n) is 9.16. The van der Waals surface area contributed by atoms with Gasteiger partial charge in [-0.05, 0) is 74.0 Å². The van der Waals surface area contributed by atoms with Crippen molar-refractivity contribution < 1.29 is 22.3 Å². The van der Waals surface area contributed by atoms with Gasteiger partial charge in [0.05, 0.1) is 4.90 Å². The van der Waals surface area contributed by atoms with Crippen molar-refractivity contribution in [2.24, 2.45) is 0 Å². The summed E-state index contributed by atoms with van der Waals surface area (Å²) >= 11 is 0. The molecule has 0 bridgehead atoms. The Morgan fingerprint density at radius 2 is 1.53 bits per heavy atom. The fourth-order valence-electron chi connectivity index (χ4n) is 2.63. The average molecular weight is 428 g/mol. The maximum atomic E-state index is 13.0. The van der Waals surface area contributed by atoms with Crippen LogP contribution in [-0.2, 0) is 14.8 Å². The number of hydrogen-bond donors (Lipinski definition) is 2. The monoisotopic (exact) mass is 428 g/mol. The van der Waals surface area contributed by atoms with Crippen LogP contribution in [0, 0.1) is 12.7 Å².